The lowest BCUT2D eigenvalue weighted by atomic mass is 10.5. The van der Waals surface area contributed by atoms with Gasteiger partial charge >= 0.3 is 5.97 Å². The largest absolute Gasteiger partial charge is 0.464 e. The summed E-state index contributed by atoms with van der Waals surface area (Å²) in [4.78, 5) is 22.6. The van der Waals surface area contributed by atoms with Crippen LogP contribution in [0.25, 0.3) is 0 Å². The van der Waals surface area contributed by atoms with Crippen molar-refractivity contribution in [3.05, 3.63) is 24.2 Å². The van der Waals surface area contributed by atoms with E-state index in [0.717, 1.165) is 0 Å². The van der Waals surface area contributed by atoms with Gasteiger partial charge in [0.1, 0.15) is 12.8 Å². The van der Waals surface area contributed by atoms with Crippen molar-refractivity contribution < 1.29 is 18.8 Å². The van der Waals surface area contributed by atoms with Crippen molar-refractivity contribution in [2.45, 2.75) is 6.54 Å². The molecular weight excluding hydrogens is 242 g/mol. The highest BCUT2D eigenvalue weighted by molar-refractivity contribution is 5.89. The van der Waals surface area contributed by atoms with E-state index >= 15 is 0 Å². The van der Waals surface area contributed by atoms with Gasteiger partial charge in [-0.25, -0.2) is 9.48 Å². The summed E-state index contributed by atoms with van der Waals surface area (Å²) in [5, 5.41) is 13.2. The molecule has 0 radical (unpaired) electrons. The number of ether oxygens (including phenoxy) is 1. The number of carbonyl (C=O) groups is 2. The number of amides is 1. The average molecular weight is 251 g/mol. The van der Waals surface area contributed by atoms with Gasteiger partial charge in [0.05, 0.1) is 13.3 Å². The van der Waals surface area contributed by atoms with Crippen LogP contribution in [0.4, 0.5) is 5.82 Å². The highest BCUT2D eigenvalue weighted by atomic mass is 16.5. The topological polar surface area (TPSA) is 112 Å². The van der Waals surface area contributed by atoms with Crippen LogP contribution in [0.15, 0.2) is 23.0 Å². The van der Waals surface area contributed by atoms with Gasteiger partial charge in [0.25, 0.3) is 0 Å². The summed E-state index contributed by atoms with van der Waals surface area (Å²) in [5.41, 5.74) is 0.0340. The van der Waals surface area contributed by atoms with Gasteiger partial charge in [-0.15, -0.1) is 5.10 Å². The molecule has 9 nitrogen and oxygen atoms in total. The molecule has 0 saturated carbocycles. The SMILES string of the molecule is COC(=O)c1cn(CC(=O)Nc2ccon2)nn1. The Morgan fingerprint density at radius 3 is 3.06 bits per heavy atom. The Labute approximate surface area is 101 Å². The van der Waals surface area contributed by atoms with Gasteiger partial charge in [-0.2, -0.15) is 0 Å². The van der Waals surface area contributed by atoms with Crippen LogP contribution in [0.2, 0.25) is 0 Å². The maximum Gasteiger partial charge on any atom is 0.360 e. The lowest BCUT2D eigenvalue weighted by Gasteiger charge is -1.99. The van der Waals surface area contributed by atoms with E-state index in [-0.39, 0.29) is 18.1 Å². The number of hydrogen-bond donors (Lipinski definition) is 1. The first-order valence-electron chi connectivity index (χ1n) is 4.87. The summed E-state index contributed by atoms with van der Waals surface area (Å²) in [6, 6.07) is 1.50. The molecular formula is C9H9N5O4. The van der Waals surface area contributed by atoms with E-state index in [1.54, 1.807) is 0 Å². The summed E-state index contributed by atoms with van der Waals surface area (Å²) >= 11 is 0. The molecule has 2 heterocycles. The van der Waals surface area contributed by atoms with Gasteiger partial charge in [0.2, 0.25) is 5.91 Å². The number of hydrogen-bond acceptors (Lipinski definition) is 7. The molecule has 0 atom stereocenters. The Kier molecular flexibility index (Phi) is 3.32. The average Bonchev–Trinajstić information content (AvgIpc) is 2.99. The van der Waals surface area contributed by atoms with Crippen LogP contribution < -0.4 is 5.32 Å². The molecule has 2 aromatic rings. The Balaban J connectivity index is 1.95. The van der Waals surface area contributed by atoms with Crippen molar-refractivity contribution >= 4 is 17.7 Å². The first kappa shape index (κ1) is 11.8. The molecule has 0 fully saturated rings. The second-order valence-corrected chi connectivity index (χ2v) is 3.23. The standard InChI is InChI=1S/C9H9N5O4/c1-17-9(16)6-4-14(13-11-6)5-8(15)10-7-2-3-18-12-7/h2-4H,5H2,1H3,(H,10,12,15). The van der Waals surface area contributed by atoms with E-state index in [1.807, 2.05) is 0 Å². The molecule has 0 saturated heterocycles. The molecule has 2 rings (SSSR count). The predicted octanol–water partition coefficient (Wildman–Crippen LogP) is -0.309. The Morgan fingerprint density at radius 2 is 2.39 bits per heavy atom. The lowest BCUT2D eigenvalue weighted by molar-refractivity contribution is -0.117. The smallest absolute Gasteiger partial charge is 0.360 e. The molecule has 0 bridgehead atoms. The molecule has 94 valence electrons. The van der Waals surface area contributed by atoms with E-state index < -0.39 is 5.97 Å². The zero-order valence-corrected chi connectivity index (χ0v) is 9.36. The fourth-order valence-corrected chi connectivity index (χ4v) is 1.18. The van der Waals surface area contributed by atoms with Gasteiger partial charge in [-0.05, 0) is 0 Å². The Bertz CT molecular complexity index is 547. The molecule has 0 aliphatic heterocycles. The number of nitrogens with zero attached hydrogens (tertiary/aromatic N) is 4. The van der Waals surface area contributed by atoms with E-state index in [0.29, 0.717) is 5.82 Å². The van der Waals surface area contributed by atoms with Crippen LogP contribution >= 0.6 is 0 Å². The molecule has 2 aromatic heterocycles. The second-order valence-electron chi connectivity index (χ2n) is 3.23. The number of aromatic nitrogens is 4. The number of anilines is 1. The Morgan fingerprint density at radius 1 is 1.56 bits per heavy atom. The second kappa shape index (κ2) is 5.08. The zero-order chi connectivity index (χ0) is 13.0. The third-order valence-corrected chi connectivity index (χ3v) is 1.94. The minimum Gasteiger partial charge on any atom is -0.464 e. The number of esters is 1. The quantitative estimate of drug-likeness (QED) is 0.741. The summed E-state index contributed by atoms with van der Waals surface area (Å²) in [6.07, 6.45) is 2.65. The molecule has 0 aromatic carbocycles. The summed E-state index contributed by atoms with van der Waals surface area (Å²) in [5.74, 6) is -0.684. The summed E-state index contributed by atoms with van der Waals surface area (Å²) < 4.78 is 10.2. The number of methoxy groups -OCH3 is 1. The zero-order valence-electron chi connectivity index (χ0n) is 9.36. The van der Waals surface area contributed by atoms with Gasteiger partial charge in [-0.1, -0.05) is 10.4 Å². The van der Waals surface area contributed by atoms with Crippen LogP contribution in [-0.4, -0.2) is 39.1 Å². The van der Waals surface area contributed by atoms with E-state index in [4.69, 9.17) is 0 Å². The highest BCUT2D eigenvalue weighted by Gasteiger charge is 2.12. The van der Waals surface area contributed by atoms with Gasteiger partial charge in [-0.3, -0.25) is 4.79 Å². The minimum absolute atomic E-state index is 0.0340. The summed E-state index contributed by atoms with van der Waals surface area (Å²) in [6.45, 7) is -0.100. The van der Waals surface area contributed by atoms with Crippen molar-refractivity contribution in [2.75, 3.05) is 12.4 Å². The predicted molar refractivity (Wildman–Crippen MR) is 56.5 cm³/mol. The van der Waals surface area contributed by atoms with Crippen LogP contribution in [0, 0.1) is 0 Å². The number of nitrogens with one attached hydrogen (secondary N) is 1. The number of rotatable bonds is 4. The van der Waals surface area contributed by atoms with Crippen molar-refractivity contribution in [3.8, 4) is 0 Å². The molecule has 0 spiro atoms. The van der Waals surface area contributed by atoms with Crippen molar-refractivity contribution in [2.24, 2.45) is 0 Å². The molecule has 18 heavy (non-hydrogen) atoms. The van der Waals surface area contributed by atoms with Crippen LogP contribution in [-0.2, 0) is 16.1 Å². The van der Waals surface area contributed by atoms with E-state index in [1.165, 1.54) is 30.3 Å². The molecule has 0 aliphatic carbocycles. The summed E-state index contributed by atoms with van der Waals surface area (Å²) in [7, 11) is 1.23. The van der Waals surface area contributed by atoms with E-state index in [2.05, 4.69) is 30.0 Å². The minimum atomic E-state index is -0.613. The van der Waals surface area contributed by atoms with E-state index in [9.17, 15) is 9.59 Å². The van der Waals surface area contributed by atoms with Crippen molar-refractivity contribution in [3.63, 3.8) is 0 Å². The maximum atomic E-state index is 11.5. The molecule has 1 amide bonds. The van der Waals surface area contributed by atoms with Gasteiger partial charge in [0, 0.05) is 6.07 Å². The first-order valence-corrected chi connectivity index (χ1v) is 4.87. The third-order valence-electron chi connectivity index (χ3n) is 1.94. The van der Waals surface area contributed by atoms with Crippen LogP contribution in [0.3, 0.4) is 0 Å². The third kappa shape index (κ3) is 2.70. The van der Waals surface area contributed by atoms with Crippen LogP contribution in [0.5, 0.6) is 0 Å². The highest BCUT2D eigenvalue weighted by Crippen LogP contribution is 2.01. The van der Waals surface area contributed by atoms with Gasteiger partial charge < -0.3 is 14.6 Å². The van der Waals surface area contributed by atoms with Crippen LogP contribution in [0.1, 0.15) is 10.5 Å². The maximum absolute atomic E-state index is 11.5. The fourth-order valence-electron chi connectivity index (χ4n) is 1.18. The van der Waals surface area contributed by atoms with Gasteiger partial charge in [0.15, 0.2) is 11.5 Å². The molecule has 0 unspecified atom stereocenters. The normalized spacial score (nSPS) is 10.1. The van der Waals surface area contributed by atoms with Crippen molar-refractivity contribution in [1.29, 1.82) is 0 Å². The lowest BCUT2D eigenvalue weighted by Crippen LogP contribution is -2.19. The van der Waals surface area contributed by atoms with Crippen molar-refractivity contribution in [1.82, 2.24) is 20.2 Å². The molecule has 9 heteroatoms. The molecule has 0 aliphatic rings. The number of carbonyl (C=O) groups excluding carboxylic acids is 2. The fraction of sp³-hybridized carbons (Fsp3) is 0.222. The Hall–Kier alpha value is -2.71. The monoisotopic (exact) mass is 251 g/mol. The first-order chi connectivity index (χ1) is 8.69. The molecule has 1 N–H and O–H groups in total.